The van der Waals surface area contributed by atoms with Crippen molar-refractivity contribution in [2.24, 2.45) is 0 Å². The van der Waals surface area contributed by atoms with Gasteiger partial charge in [0.25, 0.3) is 0 Å². The number of hydrogen-bond acceptors (Lipinski definition) is 3. The first-order chi connectivity index (χ1) is 9.70. The van der Waals surface area contributed by atoms with E-state index in [0.717, 1.165) is 22.2 Å². The van der Waals surface area contributed by atoms with Crippen LogP contribution in [0.1, 0.15) is 10.4 Å². The van der Waals surface area contributed by atoms with Gasteiger partial charge in [-0.3, -0.25) is 4.98 Å². The van der Waals surface area contributed by atoms with E-state index in [4.69, 9.17) is 9.84 Å². The van der Waals surface area contributed by atoms with Gasteiger partial charge in [0.15, 0.2) is 0 Å². The highest BCUT2D eigenvalue weighted by Crippen LogP contribution is 2.32. The average Bonchev–Trinajstić information content (AvgIpc) is 2.91. The van der Waals surface area contributed by atoms with E-state index in [1.165, 1.54) is 12.3 Å². The topological polar surface area (TPSA) is 75.2 Å². The second-order valence-electron chi connectivity index (χ2n) is 4.32. The highest BCUT2D eigenvalue weighted by molar-refractivity contribution is 5.98. The van der Waals surface area contributed by atoms with Gasteiger partial charge in [0.2, 0.25) is 0 Å². The lowest BCUT2D eigenvalue weighted by atomic mass is 10.1. The van der Waals surface area contributed by atoms with Crippen molar-refractivity contribution in [1.29, 1.82) is 0 Å². The molecule has 0 saturated carbocycles. The molecule has 0 amide bonds. The number of hydrogen-bond donors (Lipinski definition) is 2. The molecule has 3 aromatic rings. The van der Waals surface area contributed by atoms with E-state index in [1.54, 1.807) is 19.4 Å². The van der Waals surface area contributed by atoms with Crippen LogP contribution in [0.4, 0.5) is 0 Å². The molecule has 1 aromatic carbocycles. The molecule has 0 aliphatic heterocycles. The van der Waals surface area contributed by atoms with Gasteiger partial charge in [-0.15, -0.1) is 0 Å². The molecule has 2 heterocycles. The first-order valence-corrected chi connectivity index (χ1v) is 6.04. The Morgan fingerprint density at radius 1 is 1.35 bits per heavy atom. The zero-order valence-electron chi connectivity index (χ0n) is 10.8. The molecule has 20 heavy (non-hydrogen) atoms. The van der Waals surface area contributed by atoms with Crippen LogP contribution >= 0.6 is 0 Å². The third kappa shape index (κ3) is 1.89. The fraction of sp³-hybridized carbons (Fsp3) is 0.0667. The highest BCUT2D eigenvalue weighted by Gasteiger charge is 2.12. The van der Waals surface area contributed by atoms with Crippen LogP contribution in [0.25, 0.3) is 22.2 Å². The van der Waals surface area contributed by atoms with Crippen molar-refractivity contribution < 1.29 is 14.6 Å². The van der Waals surface area contributed by atoms with Crippen molar-refractivity contribution >= 4 is 16.9 Å². The quantitative estimate of drug-likeness (QED) is 0.765. The normalized spacial score (nSPS) is 10.7. The van der Waals surface area contributed by atoms with E-state index >= 15 is 0 Å². The fourth-order valence-electron chi connectivity index (χ4n) is 2.22. The van der Waals surface area contributed by atoms with Gasteiger partial charge in [-0.25, -0.2) is 4.79 Å². The lowest BCUT2D eigenvalue weighted by molar-refractivity contribution is 0.0697. The zero-order valence-corrected chi connectivity index (χ0v) is 10.8. The van der Waals surface area contributed by atoms with Gasteiger partial charge >= 0.3 is 5.97 Å². The molecule has 2 N–H and O–H groups in total. The summed E-state index contributed by atoms with van der Waals surface area (Å²) < 4.78 is 5.29. The number of fused-ring (bicyclic) bond motifs is 1. The predicted molar refractivity (Wildman–Crippen MR) is 75.0 cm³/mol. The maximum absolute atomic E-state index is 11.0. The third-order valence-electron chi connectivity index (χ3n) is 3.18. The molecule has 0 saturated heterocycles. The van der Waals surface area contributed by atoms with Crippen LogP contribution in [0.15, 0.2) is 42.7 Å². The number of carboxylic acids is 1. The molecule has 2 aromatic heterocycles. The van der Waals surface area contributed by atoms with Crippen molar-refractivity contribution in [2.45, 2.75) is 0 Å². The second-order valence-corrected chi connectivity index (χ2v) is 4.32. The van der Waals surface area contributed by atoms with Crippen LogP contribution in [-0.2, 0) is 0 Å². The monoisotopic (exact) mass is 268 g/mol. The van der Waals surface area contributed by atoms with Gasteiger partial charge in [0.05, 0.1) is 23.9 Å². The number of methoxy groups -OCH3 is 1. The van der Waals surface area contributed by atoms with E-state index in [9.17, 15) is 4.79 Å². The minimum Gasteiger partial charge on any atom is -0.495 e. The lowest BCUT2D eigenvalue weighted by Crippen LogP contribution is -1.97. The summed E-state index contributed by atoms with van der Waals surface area (Å²) in [4.78, 5) is 18.4. The van der Waals surface area contributed by atoms with Gasteiger partial charge in [-0.2, -0.15) is 0 Å². The van der Waals surface area contributed by atoms with E-state index in [0.29, 0.717) is 5.69 Å². The van der Waals surface area contributed by atoms with E-state index in [1.807, 2.05) is 18.2 Å². The van der Waals surface area contributed by atoms with E-state index < -0.39 is 5.97 Å². The molecular weight excluding hydrogens is 256 g/mol. The molecular formula is C15H12N2O3. The van der Waals surface area contributed by atoms with Crippen LogP contribution < -0.4 is 4.74 Å². The fourth-order valence-corrected chi connectivity index (χ4v) is 2.22. The molecule has 0 atom stereocenters. The number of nitrogens with one attached hydrogen (secondary N) is 1. The zero-order chi connectivity index (χ0) is 14.1. The number of carbonyl (C=O) groups is 1. The van der Waals surface area contributed by atoms with Gasteiger partial charge in [0.1, 0.15) is 5.75 Å². The molecule has 100 valence electrons. The molecule has 5 heteroatoms. The number of aromatic carboxylic acids is 1. The van der Waals surface area contributed by atoms with Crippen molar-refractivity contribution in [3.63, 3.8) is 0 Å². The Morgan fingerprint density at radius 2 is 2.20 bits per heavy atom. The molecule has 0 unspecified atom stereocenters. The van der Waals surface area contributed by atoms with Crippen LogP contribution in [0.5, 0.6) is 5.75 Å². The highest BCUT2D eigenvalue weighted by atomic mass is 16.5. The number of H-pyrrole nitrogens is 1. The summed E-state index contributed by atoms with van der Waals surface area (Å²) in [5.41, 5.74) is 2.55. The molecule has 0 aliphatic carbocycles. The summed E-state index contributed by atoms with van der Waals surface area (Å²) in [6.45, 7) is 0. The summed E-state index contributed by atoms with van der Waals surface area (Å²) in [6.07, 6.45) is 3.30. The first kappa shape index (κ1) is 12.2. The van der Waals surface area contributed by atoms with Crippen molar-refractivity contribution in [2.75, 3.05) is 7.11 Å². The number of aromatic amines is 1. The number of para-hydroxylation sites is 1. The van der Waals surface area contributed by atoms with Gasteiger partial charge in [0, 0.05) is 23.3 Å². The summed E-state index contributed by atoms with van der Waals surface area (Å²) in [6, 6.07) is 8.73. The molecule has 0 bridgehead atoms. The first-order valence-electron chi connectivity index (χ1n) is 6.04. The number of rotatable bonds is 3. The SMILES string of the molecule is COc1cccc2c(-c3cc(C(=O)O)ccn3)c[nH]c12. The van der Waals surface area contributed by atoms with Crippen LogP contribution in [0, 0.1) is 0 Å². The van der Waals surface area contributed by atoms with Gasteiger partial charge in [-0.05, 0) is 18.2 Å². The van der Waals surface area contributed by atoms with Crippen molar-refractivity contribution in [1.82, 2.24) is 9.97 Å². The molecule has 0 radical (unpaired) electrons. The number of benzene rings is 1. The third-order valence-corrected chi connectivity index (χ3v) is 3.18. The number of pyridine rings is 1. The largest absolute Gasteiger partial charge is 0.495 e. The maximum atomic E-state index is 11.0. The lowest BCUT2D eigenvalue weighted by Gasteiger charge is -2.03. The van der Waals surface area contributed by atoms with Crippen LogP contribution in [-0.4, -0.2) is 28.2 Å². The van der Waals surface area contributed by atoms with Gasteiger partial charge < -0.3 is 14.8 Å². The smallest absolute Gasteiger partial charge is 0.335 e. The minimum atomic E-state index is -0.967. The Morgan fingerprint density at radius 3 is 2.95 bits per heavy atom. The Balaban J connectivity index is 2.20. The van der Waals surface area contributed by atoms with E-state index in [-0.39, 0.29) is 5.56 Å². The summed E-state index contributed by atoms with van der Waals surface area (Å²) in [7, 11) is 1.61. The molecule has 5 nitrogen and oxygen atoms in total. The minimum absolute atomic E-state index is 0.215. The standard InChI is InChI=1S/C15H12N2O3/c1-20-13-4-2-3-10-11(8-17-14(10)13)12-7-9(15(18)19)5-6-16-12/h2-8,17H,1H3,(H,18,19). The van der Waals surface area contributed by atoms with Crippen molar-refractivity contribution in [3.05, 3.63) is 48.3 Å². The molecule has 0 fully saturated rings. The maximum Gasteiger partial charge on any atom is 0.335 e. The Kier molecular flexibility index (Phi) is 2.87. The summed E-state index contributed by atoms with van der Waals surface area (Å²) >= 11 is 0. The van der Waals surface area contributed by atoms with E-state index in [2.05, 4.69) is 9.97 Å². The number of aromatic nitrogens is 2. The summed E-state index contributed by atoms with van der Waals surface area (Å²) in [5, 5.41) is 9.99. The van der Waals surface area contributed by atoms with Crippen LogP contribution in [0.3, 0.4) is 0 Å². The Labute approximate surface area is 114 Å². The number of nitrogens with zero attached hydrogens (tertiary/aromatic N) is 1. The second kappa shape index (κ2) is 4.70. The number of carboxylic acid groups (broad SMARTS) is 1. The average molecular weight is 268 g/mol. The molecule has 3 rings (SSSR count). The molecule has 0 aliphatic rings. The molecule has 0 spiro atoms. The predicted octanol–water partition coefficient (Wildman–Crippen LogP) is 2.94. The number of ether oxygens (including phenoxy) is 1. The van der Waals surface area contributed by atoms with Crippen LogP contribution in [0.2, 0.25) is 0 Å². The summed E-state index contributed by atoms with van der Waals surface area (Å²) in [5.74, 6) is -0.228. The van der Waals surface area contributed by atoms with Gasteiger partial charge in [-0.1, -0.05) is 12.1 Å². The Bertz CT molecular complexity index is 793. The van der Waals surface area contributed by atoms with Crippen molar-refractivity contribution in [3.8, 4) is 17.0 Å². The Hall–Kier alpha value is -2.82.